The molecule has 1 radical (unpaired) electrons. The molecule has 0 aromatic carbocycles. The van der Waals surface area contributed by atoms with E-state index < -0.39 is 5.97 Å². The first-order valence-electron chi connectivity index (χ1n) is 2.90. The van der Waals surface area contributed by atoms with Crippen LogP contribution in [0.1, 0.15) is 6.92 Å². The van der Waals surface area contributed by atoms with Crippen LogP contribution >= 0.6 is 11.6 Å². The van der Waals surface area contributed by atoms with E-state index in [0.29, 0.717) is 5.02 Å². The molecule has 4 heteroatoms. The summed E-state index contributed by atoms with van der Waals surface area (Å²) in [6.45, 7) is 1.30. The highest BCUT2D eigenvalue weighted by molar-refractivity contribution is 6.30. The van der Waals surface area contributed by atoms with Gasteiger partial charge in [0.15, 0.2) is 5.75 Å². The molecule has 57 valence electrons. The number of pyridine rings is 1. The number of carbonyl (C=O) groups excluding carboxylic acids is 1. The van der Waals surface area contributed by atoms with Crippen molar-refractivity contribution >= 4 is 17.6 Å². The largest absolute Gasteiger partial charge is 0.424 e. The predicted molar refractivity (Wildman–Crippen MR) is 39.4 cm³/mol. The van der Waals surface area contributed by atoms with Crippen LogP contribution in [-0.4, -0.2) is 11.0 Å². The Morgan fingerprint density at radius 2 is 2.45 bits per heavy atom. The second-order valence-electron chi connectivity index (χ2n) is 1.84. The van der Waals surface area contributed by atoms with Crippen molar-refractivity contribution in [3.05, 3.63) is 23.5 Å². The van der Waals surface area contributed by atoms with Gasteiger partial charge in [-0.25, -0.2) is 0 Å². The number of hydrogen-bond acceptors (Lipinski definition) is 3. The Morgan fingerprint density at radius 1 is 1.73 bits per heavy atom. The molecular weight excluding hydrogens is 166 g/mol. The van der Waals surface area contributed by atoms with Crippen molar-refractivity contribution in [3.63, 3.8) is 0 Å². The van der Waals surface area contributed by atoms with Gasteiger partial charge in [-0.3, -0.25) is 9.78 Å². The third-order valence-electron chi connectivity index (χ3n) is 0.876. The van der Waals surface area contributed by atoms with E-state index in [0.717, 1.165) is 0 Å². The van der Waals surface area contributed by atoms with Crippen molar-refractivity contribution in [3.8, 4) is 5.75 Å². The number of esters is 1. The van der Waals surface area contributed by atoms with Gasteiger partial charge in [-0.05, 0) is 0 Å². The van der Waals surface area contributed by atoms with Gasteiger partial charge in [-0.2, -0.15) is 0 Å². The SMILES string of the molecule is CC(=O)Oc1[c]c(Cl)cnc1. The first-order chi connectivity index (χ1) is 5.18. The minimum Gasteiger partial charge on any atom is -0.424 e. The number of carbonyl (C=O) groups is 1. The van der Waals surface area contributed by atoms with Crippen molar-refractivity contribution in [2.75, 3.05) is 0 Å². The van der Waals surface area contributed by atoms with Crippen LogP contribution < -0.4 is 4.74 Å². The lowest BCUT2D eigenvalue weighted by Gasteiger charge is -1.97. The van der Waals surface area contributed by atoms with E-state index in [1.807, 2.05) is 0 Å². The Morgan fingerprint density at radius 3 is 3.00 bits per heavy atom. The Hall–Kier alpha value is -1.09. The van der Waals surface area contributed by atoms with Crippen molar-refractivity contribution in [1.82, 2.24) is 4.98 Å². The lowest BCUT2D eigenvalue weighted by atomic mass is 10.5. The van der Waals surface area contributed by atoms with Crippen LogP contribution in [0.2, 0.25) is 5.02 Å². The molecule has 1 rings (SSSR count). The van der Waals surface area contributed by atoms with E-state index in [9.17, 15) is 4.79 Å². The Kier molecular flexibility index (Phi) is 2.44. The molecule has 3 nitrogen and oxygen atoms in total. The zero-order chi connectivity index (χ0) is 8.27. The molecule has 0 aliphatic heterocycles. The molecule has 1 aromatic rings. The third kappa shape index (κ3) is 2.55. The normalized spacial score (nSPS) is 9.27. The summed E-state index contributed by atoms with van der Waals surface area (Å²) in [7, 11) is 0. The summed E-state index contributed by atoms with van der Waals surface area (Å²) in [4.78, 5) is 14.1. The van der Waals surface area contributed by atoms with E-state index in [1.165, 1.54) is 19.3 Å². The van der Waals surface area contributed by atoms with Gasteiger partial charge in [-0.15, -0.1) is 0 Å². The molecule has 0 bridgehead atoms. The molecule has 11 heavy (non-hydrogen) atoms. The summed E-state index contributed by atoms with van der Waals surface area (Å²) in [6.07, 6.45) is 2.78. The van der Waals surface area contributed by atoms with Gasteiger partial charge in [0, 0.05) is 13.1 Å². The molecule has 0 fully saturated rings. The van der Waals surface area contributed by atoms with Crippen LogP contribution in [0.15, 0.2) is 12.4 Å². The Labute approximate surface area is 69.0 Å². The molecule has 0 atom stereocenters. The number of aromatic nitrogens is 1. The fourth-order valence-electron chi connectivity index (χ4n) is 0.559. The summed E-state index contributed by atoms with van der Waals surface area (Å²) in [6, 6.07) is 2.60. The van der Waals surface area contributed by atoms with E-state index in [1.54, 1.807) is 0 Å². The summed E-state index contributed by atoms with van der Waals surface area (Å²) >= 11 is 5.52. The summed E-state index contributed by atoms with van der Waals surface area (Å²) in [5.41, 5.74) is 0. The third-order valence-corrected chi connectivity index (χ3v) is 1.07. The van der Waals surface area contributed by atoms with Crippen molar-refractivity contribution < 1.29 is 9.53 Å². The van der Waals surface area contributed by atoms with Crippen LogP contribution in [0.4, 0.5) is 0 Å². The van der Waals surface area contributed by atoms with E-state index >= 15 is 0 Å². The van der Waals surface area contributed by atoms with Gasteiger partial charge in [0.25, 0.3) is 0 Å². The summed E-state index contributed by atoms with van der Waals surface area (Å²) in [5.74, 6) is -0.171. The minimum atomic E-state index is -0.412. The second-order valence-corrected chi connectivity index (χ2v) is 2.25. The molecular formula is C7H5ClNO2. The Bertz CT molecular complexity index is 275. The van der Waals surface area contributed by atoms with Gasteiger partial charge in [-0.1, -0.05) is 11.6 Å². The van der Waals surface area contributed by atoms with E-state index in [-0.39, 0.29) is 5.75 Å². The van der Waals surface area contributed by atoms with Crippen molar-refractivity contribution in [2.24, 2.45) is 0 Å². The minimum absolute atomic E-state index is 0.241. The number of rotatable bonds is 1. The summed E-state index contributed by atoms with van der Waals surface area (Å²) in [5, 5.41) is 0.323. The average molecular weight is 171 g/mol. The molecule has 1 aromatic heterocycles. The number of hydrogen-bond donors (Lipinski definition) is 0. The lowest BCUT2D eigenvalue weighted by Crippen LogP contribution is -2.01. The van der Waals surface area contributed by atoms with Gasteiger partial charge in [0.05, 0.1) is 17.3 Å². The van der Waals surface area contributed by atoms with Crippen LogP contribution in [0, 0.1) is 6.07 Å². The topological polar surface area (TPSA) is 39.2 Å². The highest BCUT2D eigenvalue weighted by Crippen LogP contribution is 2.13. The molecule has 0 spiro atoms. The number of ether oxygens (including phenoxy) is 1. The number of nitrogens with zero attached hydrogens (tertiary/aromatic N) is 1. The zero-order valence-corrected chi connectivity index (χ0v) is 6.55. The highest BCUT2D eigenvalue weighted by atomic mass is 35.5. The molecule has 0 amide bonds. The molecule has 0 N–H and O–H groups in total. The van der Waals surface area contributed by atoms with Gasteiger partial charge in [0.2, 0.25) is 0 Å². The lowest BCUT2D eigenvalue weighted by molar-refractivity contribution is -0.131. The molecule has 0 unspecified atom stereocenters. The van der Waals surface area contributed by atoms with E-state index in [4.69, 9.17) is 11.6 Å². The number of halogens is 1. The smallest absolute Gasteiger partial charge is 0.308 e. The maximum atomic E-state index is 10.4. The Balaban J connectivity index is 2.79. The van der Waals surface area contributed by atoms with Crippen molar-refractivity contribution in [1.29, 1.82) is 0 Å². The molecule has 0 saturated carbocycles. The van der Waals surface area contributed by atoms with Gasteiger partial charge < -0.3 is 4.74 Å². The molecule has 1 heterocycles. The maximum absolute atomic E-state index is 10.4. The predicted octanol–water partition coefficient (Wildman–Crippen LogP) is 1.46. The zero-order valence-electron chi connectivity index (χ0n) is 5.80. The molecule has 0 aliphatic rings. The monoisotopic (exact) mass is 170 g/mol. The second kappa shape index (κ2) is 3.34. The molecule has 0 saturated heterocycles. The summed E-state index contributed by atoms with van der Waals surface area (Å²) < 4.78 is 4.65. The van der Waals surface area contributed by atoms with Crippen LogP contribution in [0.3, 0.4) is 0 Å². The fourth-order valence-corrected chi connectivity index (χ4v) is 0.709. The van der Waals surface area contributed by atoms with Crippen LogP contribution in [0.25, 0.3) is 0 Å². The fraction of sp³-hybridized carbons (Fsp3) is 0.143. The van der Waals surface area contributed by atoms with Crippen molar-refractivity contribution in [2.45, 2.75) is 6.92 Å². The maximum Gasteiger partial charge on any atom is 0.308 e. The quantitative estimate of drug-likeness (QED) is 0.599. The average Bonchev–Trinajstić information content (AvgIpc) is 1.85. The van der Waals surface area contributed by atoms with Gasteiger partial charge >= 0.3 is 5.97 Å². The van der Waals surface area contributed by atoms with Crippen LogP contribution in [0.5, 0.6) is 5.75 Å². The van der Waals surface area contributed by atoms with E-state index in [2.05, 4.69) is 15.8 Å². The highest BCUT2D eigenvalue weighted by Gasteiger charge is 1.98. The first-order valence-corrected chi connectivity index (χ1v) is 3.27. The van der Waals surface area contributed by atoms with Gasteiger partial charge in [0.1, 0.15) is 0 Å². The molecule has 0 aliphatic carbocycles. The van der Waals surface area contributed by atoms with Crippen LogP contribution in [-0.2, 0) is 4.79 Å². The first kappa shape index (κ1) is 8.01. The standard InChI is InChI=1S/C7H5ClNO2/c1-5(10)11-7-2-6(8)3-9-4-7/h3-4H,1H3.